The fourth-order valence-corrected chi connectivity index (χ4v) is 2.71. The van der Waals surface area contributed by atoms with E-state index < -0.39 is 30.1 Å². The van der Waals surface area contributed by atoms with Crippen LogP contribution in [0.3, 0.4) is 0 Å². The van der Waals surface area contributed by atoms with Gasteiger partial charge < -0.3 is 20.1 Å². The lowest BCUT2D eigenvalue weighted by molar-refractivity contribution is -0.145. The molecule has 0 saturated heterocycles. The highest BCUT2D eigenvalue weighted by atomic mass is 16.5. The fourth-order valence-electron chi connectivity index (χ4n) is 2.71. The lowest BCUT2D eigenvalue weighted by Gasteiger charge is -2.21. The van der Waals surface area contributed by atoms with Gasteiger partial charge in [-0.2, -0.15) is 0 Å². The van der Waals surface area contributed by atoms with E-state index in [2.05, 4.69) is 10.6 Å². The smallest absolute Gasteiger partial charge is 0.408 e. The maximum atomic E-state index is 12.8. The number of amides is 2. The third-order valence-corrected chi connectivity index (χ3v) is 4.31. The average Bonchev–Trinajstić information content (AvgIpc) is 2.76. The standard InChI is InChI=1S/C22H26N2O5/c1-3-18(21(26)28-2)23-20(25)19(14-16-10-6-4-7-11-16)24-22(27)29-15-17-12-8-5-9-13-17/h4-13,18-19H,3,14-15H2,1-2H3,(H,23,25)(H,24,27)/t18-,19-/m0/s1. The van der Waals surface area contributed by atoms with Gasteiger partial charge in [-0.25, -0.2) is 9.59 Å². The molecule has 0 aliphatic carbocycles. The van der Waals surface area contributed by atoms with Gasteiger partial charge in [0.15, 0.2) is 0 Å². The molecule has 2 atom stereocenters. The van der Waals surface area contributed by atoms with Crippen molar-refractivity contribution in [3.8, 4) is 0 Å². The molecule has 2 amide bonds. The van der Waals surface area contributed by atoms with E-state index in [1.54, 1.807) is 6.92 Å². The highest BCUT2D eigenvalue weighted by Crippen LogP contribution is 2.06. The second-order valence-electron chi connectivity index (χ2n) is 6.44. The van der Waals surface area contributed by atoms with E-state index >= 15 is 0 Å². The van der Waals surface area contributed by atoms with E-state index in [-0.39, 0.29) is 13.0 Å². The molecular weight excluding hydrogens is 372 g/mol. The summed E-state index contributed by atoms with van der Waals surface area (Å²) in [4.78, 5) is 36.8. The van der Waals surface area contributed by atoms with Crippen molar-refractivity contribution >= 4 is 18.0 Å². The Balaban J connectivity index is 2.04. The van der Waals surface area contributed by atoms with Gasteiger partial charge in [0.25, 0.3) is 0 Å². The number of alkyl carbamates (subject to hydrolysis) is 1. The molecule has 29 heavy (non-hydrogen) atoms. The zero-order chi connectivity index (χ0) is 21.1. The predicted molar refractivity (Wildman–Crippen MR) is 108 cm³/mol. The normalized spacial score (nSPS) is 12.3. The Morgan fingerprint density at radius 1 is 0.862 bits per heavy atom. The van der Waals surface area contributed by atoms with Crippen LogP contribution in [0.4, 0.5) is 4.79 Å². The first-order valence-corrected chi connectivity index (χ1v) is 9.42. The highest BCUT2D eigenvalue weighted by Gasteiger charge is 2.27. The molecule has 7 heteroatoms. The fraction of sp³-hybridized carbons (Fsp3) is 0.318. The molecule has 0 saturated carbocycles. The molecule has 2 aromatic carbocycles. The van der Waals surface area contributed by atoms with Crippen LogP contribution < -0.4 is 10.6 Å². The summed E-state index contributed by atoms with van der Waals surface area (Å²) in [6.07, 6.45) is -0.0873. The van der Waals surface area contributed by atoms with Gasteiger partial charge in [0, 0.05) is 6.42 Å². The molecule has 2 rings (SSSR count). The van der Waals surface area contributed by atoms with Gasteiger partial charge in [-0.15, -0.1) is 0 Å². The molecule has 0 aromatic heterocycles. The van der Waals surface area contributed by atoms with Crippen molar-refractivity contribution in [2.24, 2.45) is 0 Å². The monoisotopic (exact) mass is 398 g/mol. The molecule has 0 bridgehead atoms. The van der Waals surface area contributed by atoms with Gasteiger partial charge in [0.05, 0.1) is 7.11 Å². The van der Waals surface area contributed by atoms with Crippen LogP contribution in [-0.4, -0.2) is 37.2 Å². The molecule has 7 nitrogen and oxygen atoms in total. The summed E-state index contributed by atoms with van der Waals surface area (Å²) in [6.45, 7) is 1.85. The van der Waals surface area contributed by atoms with Crippen LogP contribution in [0.15, 0.2) is 60.7 Å². The maximum absolute atomic E-state index is 12.8. The van der Waals surface area contributed by atoms with Crippen molar-refractivity contribution in [2.75, 3.05) is 7.11 Å². The lowest BCUT2D eigenvalue weighted by Crippen LogP contribution is -2.52. The Kier molecular flexibility index (Phi) is 8.69. The molecule has 0 unspecified atom stereocenters. The Bertz CT molecular complexity index is 795. The Labute approximate surface area is 170 Å². The molecule has 0 aliphatic rings. The van der Waals surface area contributed by atoms with Crippen LogP contribution >= 0.6 is 0 Å². The molecule has 2 aromatic rings. The number of nitrogens with one attached hydrogen (secondary N) is 2. The number of esters is 1. The van der Waals surface area contributed by atoms with Gasteiger partial charge in [0.2, 0.25) is 5.91 Å². The van der Waals surface area contributed by atoms with Crippen LogP contribution in [0.1, 0.15) is 24.5 Å². The minimum atomic E-state index is -0.903. The molecular formula is C22H26N2O5. The van der Waals surface area contributed by atoms with Crippen LogP contribution in [0.2, 0.25) is 0 Å². The average molecular weight is 398 g/mol. The van der Waals surface area contributed by atoms with E-state index in [0.717, 1.165) is 11.1 Å². The third-order valence-electron chi connectivity index (χ3n) is 4.31. The number of carbonyl (C=O) groups is 3. The Morgan fingerprint density at radius 3 is 2.00 bits per heavy atom. The summed E-state index contributed by atoms with van der Waals surface area (Å²) in [7, 11) is 1.26. The SMILES string of the molecule is CC[C@H](NC(=O)[C@H](Cc1ccccc1)NC(=O)OCc1ccccc1)C(=O)OC. The Morgan fingerprint density at radius 2 is 1.45 bits per heavy atom. The Hall–Kier alpha value is -3.35. The summed E-state index contributed by atoms with van der Waals surface area (Å²) >= 11 is 0. The molecule has 154 valence electrons. The van der Waals surface area contributed by atoms with Gasteiger partial charge >= 0.3 is 12.1 Å². The number of hydrogen-bond donors (Lipinski definition) is 2. The van der Waals surface area contributed by atoms with Gasteiger partial charge in [-0.1, -0.05) is 67.6 Å². The summed E-state index contributed by atoms with van der Waals surface area (Å²) in [5.74, 6) is -1.02. The van der Waals surface area contributed by atoms with Crippen LogP contribution in [0.5, 0.6) is 0 Å². The van der Waals surface area contributed by atoms with Crippen LogP contribution in [0, 0.1) is 0 Å². The molecule has 0 heterocycles. The van der Waals surface area contributed by atoms with Crippen molar-refractivity contribution < 1.29 is 23.9 Å². The number of carbonyl (C=O) groups excluding carboxylic acids is 3. The van der Waals surface area contributed by atoms with Gasteiger partial charge in [0.1, 0.15) is 18.7 Å². The molecule has 0 spiro atoms. The molecule has 0 radical (unpaired) electrons. The predicted octanol–water partition coefficient (Wildman–Crippen LogP) is 2.59. The minimum absolute atomic E-state index is 0.0894. The number of benzene rings is 2. The first-order chi connectivity index (χ1) is 14.0. The third kappa shape index (κ3) is 7.29. The van der Waals surface area contributed by atoms with E-state index in [9.17, 15) is 14.4 Å². The second kappa shape index (κ2) is 11.5. The first kappa shape index (κ1) is 21.9. The second-order valence-corrected chi connectivity index (χ2v) is 6.44. The van der Waals surface area contributed by atoms with E-state index in [1.807, 2.05) is 60.7 Å². The van der Waals surface area contributed by atoms with Gasteiger partial charge in [-0.3, -0.25) is 4.79 Å². The zero-order valence-corrected chi connectivity index (χ0v) is 16.6. The van der Waals surface area contributed by atoms with E-state index in [1.165, 1.54) is 7.11 Å². The van der Waals surface area contributed by atoms with Crippen LogP contribution in [0.25, 0.3) is 0 Å². The van der Waals surface area contributed by atoms with Crippen molar-refractivity contribution in [2.45, 2.75) is 38.5 Å². The minimum Gasteiger partial charge on any atom is -0.467 e. The summed E-state index contributed by atoms with van der Waals surface area (Å²) in [5.41, 5.74) is 1.70. The number of hydrogen-bond acceptors (Lipinski definition) is 5. The van der Waals surface area contributed by atoms with E-state index in [4.69, 9.17) is 9.47 Å². The number of methoxy groups -OCH3 is 1. The number of ether oxygens (including phenoxy) is 2. The molecule has 0 fully saturated rings. The van der Waals surface area contributed by atoms with Crippen molar-refractivity contribution in [1.82, 2.24) is 10.6 Å². The molecule has 0 aliphatic heterocycles. The largest absolute Gasteiger partial charge is 0.467 e. The van der Waals surface area contributed by atoms with Crippen LogP contribution in [-0.2, 0) is 32.1 Å². The summed E-state index contributed by atoms with van der Waals surface area (Å²) in [6, 6.07) is 16.8. The number of rotatable bonds is 9. The van der Waals surface area contributed by atoms with Crippen molar-refractivity contribution in [1.29, 1.82) is 0 Å². The van der Waals surface area contributed by atoms with Gasteiger partial charge in [-0.05, 0) is 17.5 Å². The summed E-state index contributed by atoms with van der Waals surface area (Å²) in [5, 5.41) is 5.23. The topological polar surface area (TPSA) is 93.7 Å². The lowest BCUT2D eigenvalue weighted by atomic mass is 10.0. The first-order valence-electron chi connectivity index (χ1n) is 9.42. The maximum Gasteiger partial charge on any atom is 0.408 e. The highest BCUT2D eigenvalue weighted by molar-refractivity contribution is 5.89. The van der Waals surface area contributed by atoms with Crippen molar-refractivity contribution in [3.63, 3.8) is 0 Å². The quantitative estimate of drug-likeness (QED) is 0.633. The summed E-state index contributed by atoms with van der Waals surface area (Å²) < 4.78 is 9.93. The molecule has 2 N–H and O–H groups in total. The van der Waals surface area contributed by atoms with E-state index in [0.29, 0.717) is 6.42 Å². The zero-order valence-electron chi connectivity index (χ0n) is 16.6. The van der Waals surface area contributed by atoms with Crippen molar-refractivity contribution in [3.05, 3.63) is 71.8 Å².